The summed E-state index contributed by atoms with van der Waals surface area (Å²) in [7, 11) is -3.96. The molecule has 1 amide bonds. The molecule has 35 heavy (non-hydrogen) atoms. The van der Waals surface area contributed by atoms with Crippen LogP contribution in [0.15, 0.2) is 91.2 Å². The highest BCUT2D eigenvalue weighted by Gasteiger charge is 2.29. The predicted molar refractivity (Wildman–Crippen MR) is 141 cm³/mol. The molecule has 4 rings (SSSR count). The van der Waals surface area contributed by atoms with Gasteiger partial charge in [0.25, 0.3) is 10.1 Å². The van der Waals surface area contributed by atoms with Crippen LogP contribution in [-0.4, -0.2) is 41.5 Å². The summed E-state index contributed by atoms with van der Waals surface area (Å²) in [4.78, 5) is 13.7. The average Bonchev–Trinajstić information content (AvgIpc) is 3.19. The molecule has 0 saturated heterocycles. The van der Waals surface area contributed by atoms with Crippen LogP contribution in [0.3, 0.4) is 0 Å². The molecule has 0 atom stereocenters. The fourth-order valence-electron chi connectivity index (χ4n) is 4.43. The maximum atomic E-state index is 12.1. The Hall–Kier alpha value is -3.55. The van der Waals surface area contributed by atoms with Crippen molar-refractivity contribution in [1.29, 1.82) is 0 Å². The first-order valence-electron chi connectivity index (χ1n) is 11.6. The van der Waals surface area contributed by atoms with Gasteiger partial charge < -0.3 is 0 Å². The molecule has 0 fully saturated rings. The zero-order chi connectivity index (χ0) is 24.8. The van der Waals surface area contributed by atoms with E-state index in [2.05, 4.69) is 28.8 Å². The van der Waals surface area contributed by atoms with Crippen molar-refractivity contribution in [1.82, 2.24) is 0 Å². The van der Waals surface area contributed by atoms with Crippen molar-refractivity contribution in [2.45, 2.75) is 26.2 Å². The van der Waals surface area contributed by atoms with Gasteiger partial charge in [-0.2, -0.15) is 13.0 Å². The molecular formula is C28H29N2O4S+. The fourth-order valence-corrected chi connectivity index (χ4v) is 4.99. The molecule has 1 aliphatic heterocycles. The molecule has 3 aromatic carbocycles. The molecule has 0 bridgehead atoms. The van der Waals surface area contributed by atoms with Gasteiger partial charge in [-0.15, -0.1) is 0 Å². The Morgan fingerprint density at radius 1 is 1.00 bits per heavy atom. The molecule has 1 N–H and O–H groups in total. The van der Waals surface area contributed by atoms with E-state index < -0.39 is 10.1 Å². The maximum absolute atomic E-state index is 12.1. The zero-order valence-electron chi connectivity index (χ0n) is 19.7. The molecule has 0 aliphatic carbocycles. The van der Waals surface area contributed by atoms with E-state index in [1.807, 2.05) is 60.7 Å². The van der Waals surface area contributed by atoms with E-state index >= 15 is 0 Å². The van der Waals surface area contributed by atoms with E-state index in [1.54, 1.807) is 11.1 Å². The van der Waals surface area contributed by atoms with E-state index in [1.165, 1.54) is 23.3 Å². The molecule has 0 spiro atoms. The minimum absolute atomic E-state index is 0.0753. The second-order valence-electron chi connectivity index (χ2n) is 8.52. The summed E-state index contributed by atoms with van der Waals surface area (Å²) < 4.78 is 33.5. The summed E-state index contributed by atoms with van der Waals surface area (Å²) in [6, 6.07) is 22.0. The Morgan fingerprint density at radius 3 is 2.49 bits per heavy atom. The molecule has 3 aromatic rings. The summed E-state index contributed by atoms with van der Waals surface area (Å²) in [5.41, 5.74) is 4.27. The number of para-hydroxylation sites is 1. The largest absolute Gasteiger partial charge is 0.288 e. The van der Waals surface area contributed by atoms with E-state index in [0.717, 1.165) is 23.5 Å². The third-order valence-electron chi connectivity index (χ3n) is 6.05. The molecule has 1 aliphatic rings. The molecule has 0 unspecified atom stereocenters. The molecule has 1 heterocycles. The van der Waals surface area contributed by atoms with E-state index in [4.69, 9.17) is 4.55 Å². The fraction of sp³-hybridized carbons (Fsp3) is 0.214. The highest BCUT2D eigenvalue weighted by molar-refractivity contribution is 7.85. The predicted octanol–water partition coefficient (Wildman–Crippen LogP) is 5.27. The number of hydrogen-bond acceptors (Lipinski definition) is 3. The van der Waals surface area contributed by atoms with Gasteiger partial charge in [-0.25, -0.2) is 0 Å². The number of amides is 1. The van der Waals surface area contributed by atoms with Crippen LogP contribution in [0.2, 0.25) is 0 Å². The third kappa shape index (κ3) is 6.12. The SMILES string of the molecule is CC(=O)N(/C=C/C=C/C1=[N+](CCCCS(=O)(=O)O)c2ccc3ccccc3c2C1)c1ccccc1. The zero-order valence-corrected chi connectivity index (χ0v) is 20.5. The monoisotopic (exact) mass is 489 g/mol. The summed E-state index contributed by atoms with van der Waals surface area (Å²) >= 11 is 0. The Morgan fingerprint density at radius 2 is 1.74 bits per heavy atom. The summed E-state index contributed by atoms with van der Waals surface area (Å²) in [5.74, 6) is -0.312. The number of benzene rings is 3. The first kappa shape index (κ1) is 24.6. The molecule has 0 saturated carbocycles. The van der Waals surface area contributed by atoms with Crippen LogP contribution in [0.5, 0.6) is 0 Å². The molecular weight excluding hydrogens is 460 g/mol. The van der Waals surface area contributed by atoms with Crippen LogP contribution < -0.4 is 4.90 Å². The third-order valence-corrected chi connectivity index (χ3v) is 6.86. The Labute approximate surface area is 206 Å². The number of carbonyl (C=O) groups is 1. The topological polar surface area (TPSA) is 77.7 Å². The van der Waals surface area contributed by atoms with Crippen LogP contribution in [0.1, 0.15) is 25.3 Å². The number of anilines is 1. The van der Waals surface area contributed by atoms with Crippen molar-refractivity contribution in [2.75, 3.05) is 17.2 Å². The van der Waals surface area contributed by atoms with Gasteiger partial charge in [0.2, 0.25) is 11.6 Å². The van der Waals surface area contributed by atoms with Crippen LogP contribution in [0.4, 0.5) is 11.4 Å². The van der Waals surface area contributed by atoms with Gasteiger partial charge in [0.15, 0.2) is 5.71 Å². The van der Waals surface area contributed by atoms with E-state index in [9.17, 15) is 13.2 Å². The van der Waals surface area contributed by atoms with Crippen LogP contribution in [-0.2, 0) is 21.3 Å². The molecule has 0 radical (unpaired) electrons. The van der Waals surface area contributed by atoms with Crippen molar-refractivity contribution in [2.24, 2.45) is 0 Å². The molecule has 7 heteroatoms. The highest BCUT2D eigenvalue weighted by atomic mass is 32.2. The average molecular weight is 490 g/mol. The lowest BCUT2D eigenvalue weighted by Gasteiger charge is -2.15. The van der Waals surface area contributed by atoms with Gasteiger partial charge in [0, 0.05) is 42.9 Å². The maximum Gasteiger partial charge on any atom is 0.264 e. The summed E-state index contributed by atoms with van der Waals surface area (Å²) in [6.07, 6.45) is 9.34. The van der Waals surface area contributed by atoms with Gasteiger partial charge in [0.05, 0.1) is 12.2 Å². The van der Waals surface area contributed by atoms with Gasteiger partial charge in [-0.3, -0.25) is 14.2 Å². The van der Waals surface area contributed by atoms with Crippen molar-refractivity contribution in [3.05, 3.63) is 96.7 Å². The first-order chi connectivity index (χ1) is 16.8. The number of hydrogen-bond donors (Lipinski definition) is 1. The van der Waals surface area contributed by atoms with Crippen molar-refractivity contribution in [3.63, 3.8) is 0 Å². The lowest BCUT2D eigenvalue weighted by molar-refractivity contribution is -0.437. The number of allylic oxidation sites excluding steroid dienone is 3. The lowest BCUT2D eigenvalue weighted by atomic mass is 10.0. The minimum atomic E-state index is -3.96. The number of rotatable bonds is 9. The normalized spacial score (nSPS) is 13.8. The number of nitrogens with zero attached hydrogens (tertiary/aromatic N) is 2. The highest BCUT2D eigenvalue weighted by Crippen LogP contribution is 2.33. The molecule has 6 nitrogen and oxygen atoms in total. The number of fused-ring (bicyclic) bond motifs is 3. The van der Waals surface area contributed by atoms with E-state index in [-0.39, 0.29) is 11.7 Å². The second kappa shape index (κ2) is 10.8. The summed E-state index contributed by atoms with van der Waals surface area (Å²) in [5, 5.41) is 2.39. The van der Waals surface area contributed by atoms with Gasteiger partial charge in [-0.05, 0) is 41.5 Å². The summed E-state index contributed by atoms with van der Waals surface area (Å²) in [6.45, 7) is 2.18. The molecule has 180 valence electrons. The number of unbranched alkanes of at least 4 members (excludes halogenated alkanes) is 1. The minimum Gasteiger partial charge on any atom is -0.288 e. The van der Waals surface area contributed by atoms with E-state index in [0.29, 0.717) is 19.4 Å². The van der Waals surface area contributed by atoms with Gasteiger partial charge >= 0.3 is 0 Å². The van der Waals surface area contributed by atoms with Crippen molar-refractivity contribution < 1.29 is 22.3 Å². The smallest absolute Gasteiger partial charge is 0.264 e. The lowest BCUT2D eigenvalue weighted by Crippen LogP contribution is -2.21. The number of carbonyl (C=O) groups excluding carboxylic acids is 1. The van der Waals surface area contributed by atoms with Crippen molar-refractivity contribution in [3.8, 4) is 0 Å². The Bertz CT molecular complexity index is 1420. The Balaban J connectivity index is 1.58. The quantitative estimate of drug-likeness (QED) is 0.192. The van der Waals surface area contributed by atoms with Crippen LogP contribution >= 0.6 is 0 Å². The standard InChI is InChI=1S/C28H28N2O4S/c1-22(31)29(24-12-3-2-4-13-24)18-8-7-14-25-21-27-26-15-6-5-11-23(26)16-17-28(27)30(25)19-9-10-20-35(32,33)34/h2-8,11-18H,9-10,19-21H2,1H3/p+1. The molecule has 0 aromatic heterocycles. The van der Waals surface area contributed by atoms with Gasteiger partial charge in [-0.1, -0.05) is 48.5 Å². The van der Waals surface area contributed by atoms with Crippen molar-refractivity contribution >= 4 is 43.9 Å². The first-order valence-corrected chi connectivity index (χ1v) is 13.2. The Kier molecular flexibility index (Phi) is 7.58. The van der Waals surface area contributed by atoms with Gasteiger partial charge in [0.1, 0.15) is 6.54 Å². The van der Waals surface area contributed by atoms with Crippen LogP contribution in [0.25, 0.3) is 10.8 Å². The van der Waals surface area contributed by atoms with Crippen LogP contribution in [0, 0.1) is 0 Å². The second-order valence-corrected chi connectivity index (χ2v) is 10.1.